The topological polar surface area (TPSA) is 58.6 Å². The van der Waals surface area contributed by atoms with Crippen LogP contribution in [0.4, 0.5) is 0 Å². The van der Waals surface area contributed by atoms with Crippen molar-refractivity contribution in [3.8, 4) is 0 Å². The largest absolute Gasteiger partial charge is 0.383 e. The van der Waals surface area contributed by atoms with E-state index in [2.05, 4.69) is 21.2 Å². The van der Waals surface area contributed by atoms with Crippen molar-refractivity contribution in [3.63, 3.8) is 0 Å². The molecule has 0 aliphatic carbocycles. The van der Waals surface area contributed by atoms with Crippen LogP contribution in [-0.4, -0.2) is 46.6 Å². The van der Waals surface area contributed by atoms with Crippen LogP contribution in [0.1, 0.15) is 12.5 Å². The van der Waals surface area contributed by atoms with E-state index in [1.807, 2.05) is 19.1 Å². The number of benzene rings is 1. The first kappa shape index (κ1) is 17.6. The minimum Gasteiger partial charge on any atom is -0.383 e. The van der Waals surface area contributed by atoms with Gasteiger partial charge in [0.05, 0.1) is 11.5 Å². The van der Waals surface area contributed by atoms with Gasteiger partial charge in [-0.2, -0.15) is 4.31 Å². The van der Waals surface area contributed by atoms with Crippen LogP contribution in [0.25, 0.3) is 0 Å². The van der Waals surface area contributed by atoms with Gasteiger partial charge in [0.1, 0.15) is 0 Å². The Balaban J connectivity index is 2.95. The highest BCUT2D eigenvalue weighted by molar-refractivity contribution is 9.10. The van der Waals surface area contributed by atoms with E-state index < -0.39 is 10.0 Å². The van der Waals surface area contributed by atoms with E-state index in [4.69, 9.17) is 4.74 Å². The summed E-state index contributed by atoms with van der Waals surface area (Å²) >= 11 is 3.35. The first-order valence-corrected chi connectivity index (χ1v) is 8.61. The molecule has 0 amide bonds. The summed E-state index contributed by atoms with van der Waals surface area (Å²) in [5.41, 5.74) is 1.04. The average Bonchev–Trinajstić information content (AvgIpc) is 2.42. The molecule has 0 bridgehead atoms. The summed E-state index contributed by atoms with van der Waals surface area (Å²) in [6, 6.07) is 5.29. The Morgan fingerprint density at radius 3 is 2.65 bits per heavy atom. The van der Waals surface area contributed by atoms with Gasteiger partial charge in [0.25, 0.3) is 0 Å². The summed E-state index contributed by atoms with van der Waals surface area (Å²) in [5, 5.41) is 3.20. The van der Waals surface area contributed by atoms with Gasteiger partial charge in [-0.1, -0.05) is 13.0 Å². The van der Waals surface area contributed by atoms with Crippen molar-refractivity contribution in [3.05, 3.63) is 28.2 Å². The van der Waals surface area contributed by atoms with Crippen molar-refractivity contribution in [1.82, 2.24) is 9.62 Å². The second kappa shape index (κ2) is 8.09. The van der Waals surface area contributed by atoms with Gasteiger partial charge < -0.3 is 10.1 Å². The van der Waals surface area contributed by atoms with Crippen molar-refractivity contribution in [1.29, 1.82) is 0 Å². The number of ether oxygens (including phenoxy) is 1. The molecule has 0 aliphatic heterocycles. The molecule has 114 valence electrons. The fourth-order valence-corrected chi connectivity index (χ4v) is 3.88. The lowest BCUT2D eigenvalue weighted by atomic mass is 10.2. The molecule has 0 atom stereocenters. The standard InChI is InChI=1S/C13H21BrN2O3S/c1-4-15-10-11-5-6-13(12(14)9-11)20(17,18)16(2)7-8-19-3/h5-6,9,15H,4,7-8,10H2,1-3H3. The van der Waals surface area contributed by atoms with Crippen LogP contribution < -0.4 is 5.32 Å². The van der Waals surface area contributed by atoms with Gasteiger partial charge >= 0.3 is 0 Å². The normalized spacial score (nSPS) is 12.1. The van der Waals surface area contributed by atoms with Gasteiger partial charge in [-0.05, 0) is 40.2 Å². The van der Waals surface area contributed by atoms with Crippen LogP contribution in [0, 0.1) is 0 Å². The van der Waals surface area contributed by atoms with E-state index in [0.29, 0.717) is 17.6 Å². The molecule has 5 nitrogen and oxygen atoms in total. The zero-order valence-electron chi connectivity index (χ0n) is 12.0. The Hall–Kier alpha value is -0.470. The molecule has 0 saturated carbocycles. The molecule has 0 aliphatic rings. The molecule has 20 heavy (non-hydrogen) atoms. The number of hydrogen-bond donors (Lipinski definition) is 1. The Labute approximate surface area is 129 Å². The summed E-state index contributed by atoms with van der Waals surface area (Å²) in [7, 11) is -0.397. The molecule has 0 spiro atoms. The molecular formula is C13H21BrN2O3S. The summed E-state index contributed by atoms with van der Waals surface area (Å²) in [6.07, 6.45) is 0. The summed E-state index contributed by atoms with van der Waals surface area (Å²) in [6.45, 7) is 4.31. The van der Waals surface area contributed by atoms with E-state index in [1.54, 1.807) is 20.2 Å². The minimum atomic E-state index is -3.49. The third-order valence-corrected chi connectivity index (χ3v) is 5.71. The average molecular weight is 365 g/mol. The number of methoxy groups -OCH3 is 1. The van der Waals surface area contributed by atoms with Crippen molar-refractivity contribution in [2.24, 2.45) is 0 Å². The number of nitrogens with one attached hydrogen (secondary N) is 1. The molecule has 1 aromatic carbocycles. The molecule has 1 rings (SSSR count). The molecular weight excluding hydrogens is 344 g/mol. The molecule has 0 fully saturated rings. The number of nitrogens with zero attached hydrogens (tertiary/aromatic N) is 1. The van der Waals surface area contributed by atoms with Crippen LogP contribution in [0.5, 0.6) is 0 Å². The van der Waals surface area contributed by atoms with E-state index in [-0.39, 0.29) is 4.90 Å². The Bertz CT molecular complexity index is 534. The minimum absolute atomic E-state index is 0.274. The van der Waals surface area contributed by atoms with Gasteiger partial charge in [-0.25, -0.2) is 8.42 Å². The smallest absolute Gasteiger partial charge is 0.244 e. The van der Waals surface area contributed by atoms with Gasteiger partial charge in [0.2, 0.25) is 10.0 Å². The zero-order chi connectivity index (χ0) is 15.2. The Kier molecular flexibility index (Phi) is 7.11. The predicted octanol–water partition coefficient (Wildman–Crippen LogP) is 1.83. The van der Waals surface area contributed by atoms with Crippen LogP contribution in [0.2, 0.25) is 0 Å². The van der Waals surface area contributed by atoms with Crippen molar-refractivity contribution >= 4 is 26.0 Å². The Morgan fingerprint density at radius 2 is 2.10 bits per heavy atom. The lowest BCUT2D eigenvalue weighted by Crippen LogP contribution is -2.30. The lowest BCUT2D eigenvalue weighted by molar-refractivity contribution is 0.185. The fraction of sp³-hybridized carbons (Fsp3) is 0.538. The van der Waals surface area contributed by atoms with E-state index >= 15 is 0 Å². The molecule has 0 unspecified atom stereocenters. The zero-order valence-corrected chi connectivity index (χ0v) is 14.4. The third-order valence-electron chi connectivity index (χ3n) is 2.87. The number of sulfonamides is 1. The highest BCUT2D eigenvalue weighted by atomic mass is 79.9. The number of hydrogen-bond acceptors (Lipinski definition) is 4. The molecule has 0 aromatic heterocycles. The number of rotatable bonds is 8. The first-order valence-electron chi connectivity index (χ1n) is 6.38. The maximum Gasteiger partial charge on any atom is 0.244 e. The maximum absolute atomic E-state index is 12.4. The quantitative estimate of drug-likeness (QED) is 0.764. The highest BCUT2D eigenvalue weighted by Gasteiger charge is 2.23. The highest BCUT2D eigenvalue weighted by Crippen LogP contribution is 2.25. The molecule has 0 radical (unpaired) electrons. The molecule has 1 aromatic rings. The monoisotopic (exact) mass is 364 g/mol. The molecule has 0 saturated heterocycles. The molecule has 0 heterocycles. The Morgan fingerprint density at radius 1 is 1.40 bits per heavy atom. The van der Waals surface area contributed by atoms with Crippen LogP contribution in [0.3, 0.4) is 0 Å². The first-order chi connectivity index (χ1) is 9.43. The second-order valence-corrected chi connectivity index (χ2v) is 7.23. The van der Waals surface area contributed by atoms with E-state index in [0.717, 1.165) is 18.7 Å². The summed E-state index contributed by atoms with van der Waals surface area (Å²) in [4.78, 5) is 0.274. The van der Waals surface area contributed by atoms with Crippen LogP contribution in [-0.2, 0) is 21.3 Å². The van der Waals surface area contributed by atoms with Crippen molar-refractivity contribution < 1.29 is 13.2 Å². The lowest BCUT2D eigenvalue weighted by Gasteiger charge is -2.18. The van der Waals surface area contributed by atoms with Gasteiger partial charge in [-0.3, -0.25) is 0 Å². The van der Waals surface area contributed by atoms with Crippen LogP contribution in [0.15, 0.2) is 27.6 Å². The number of halogens is 1. The fourth-order valence-electron chi connectivity index (χ4n) is 1.64. The molecule has 7 heteroatoms. The second-order valence-electron chi connectivity index (χ2n) is 4.36. The van der Waals surface area contributed by atoms with Crippen molar-refractivity contribution in [2.75, 3.05) is 33.9 Å². The van der Waals surface area contributed by atoms with E-state index in [9.17, 15) is 8.42 Å². The van der Waals surface area contributed by atoms with Crippen LogP contribution >= 0.6 is 15.9 Å². The SMILES string of the molecule is CCNCc1ccc(S(=O)(=O)N(C)CCOC)c(Br)c1. The van der Waals surface area contributed by atoms with Gasteiger partial charge in [-0.15, -0.1) is 0 Å². The molecule has 1 N–H and O–H groups in total. The number of likely N-dealkylation sites (N-methyl/N-ethyl adjacent to an activating group) is 1. The van der Waals surface area contributed by atoms with Gasteiger partial charge in [0.15, 0.2) is 0 Å². The maximum atomic E-state index is 12.4. The summed E-state index contributed by atoms with van der Waals surface area (Å²) < 4.78 is 31.6. The summed E-state index contributed by atoms with van der Waals surface area (Å²) in [5.74, 6) is 0. The predicted molar refractivity (Wildman–Crippen MR) is 83.2 cm³/mol. The van der Waals surface area contributed by atoms with Gasteiger partial charge in [0, 0.05) is 31.7 Å². The van der Waals surface area contributed by atoms with Crippen molar-refractivity contribution in [2.45, 2.75) is 18.4 Å². The third kappa shape index (κ3) is 4.53. The van der Waals surface area contributed by atoms with E-state index in [1.165, 1.54) is 4.31 Å².